The van der Waals surface area contributed by atoms with Crippen LogP contribution in [0.5, 0.6) is 0 Å². The Kier molecular flexibility index (Phi) is 9.80. The van der Waals surface area contributed by atoms with Crippen molar-refractivity contribution < 1.29 is 0 Å². The molecule has 1 spiro atoms. The Hall–Kier alpha value is -8.00. The predicted molar refractivity (Wildman–Crippen MR) is 321 cm³/mol. The summed E-state index contributed by atoms with van der Waals surface area (Å²) in [5.41, 5.74) is 31.8. The standard InChI is InChI=1S/C75H65N/c1-71(2,3)48-36-41-63-58(44-48)59-45-49(72(4,5)6)37-42-64(59)75(63)62-29-17-13-24-57(62)69-65(75)30-20-32-68(69)76(50-38-33-46(34-39-50)47-35-40-53-51-21-11-15-27-60(51)73(7,8)66(53)43-47)67-31-18-14-23-54(67)56-26-19-25-55-52-22-12-16-28-61(52)74(9,10)70(55)56/h11-45H,1-10H3. The summed E-state index contributed by atoms with van der Waals surface area (Å²) in [5.74, 6) is 0. The van der Waals surface area contributed by atoms with E-state index in [1.807, 2.05) is 0 Å². The summed E-state index contributed by atoms with van der Waals surface area (Å²) in [7, 11) is 0. The van der Waals surface area contributed by atoms with Crippen molar-refractivity contribution in [3.8, 4) is 66.8 Å². The van der Waals surface area contributed by atoms with Gasteiger partial charge in [-0.2, -0.15) is 0 Å². The van der Waals surface area contributed by atoms with Crippen molar-refractivity contribution in [3.05, 3.63) is 268 Å². The number of hydrogen-bond donors (Lipinski definition) is 0. The minimum atomic E-state index is -0.522. The highest BCUT2D eigenvalue weighted by atomic mass is 15.1. The quantitative estimate of drug-likeness (QED) is 0.166. The number of nitrogens with zero attached hydrogens (tertiary/aromatic N) is 1. The molecule has 0 radical (unpaired) electrons. The minimum absolute atomic E-state index is 0.00541. The van der Waals surface area contributed by atoms with E-state index < -0.39 is 5.41 Å². The Labute approximate surface area is 450 Å². The van der Waals surface area contributed by atoms with E-state index in [2.05, 4.69) is 286 Å². The number of hydrogen-bond acceptors (Lipinski definition) is 1. The fourth-order valence-electron chi connectivity index (χ4n) is 14.4. The van der Waals surface area contributed by atoms with Crippen LogP contribution in [0.25, 0.3) is 66.8 Å². The topological polar surface area (TPSA) is 3.24 Å². The molecule has 0 atom stereocenters. The van der Waals surface area contributed by atoms with Gasteiger partial charge in [-0.3, -0.25) is 0 Å². The van der Waals surface area contributed by atoms with Gasteiger partial charge in [0.15, 0.2) is 0 Å². The van der Waals surface area contributed by atoms with Crippen LogP contribution in [0.4, 0.5) is 17.1 Å². The summed E-state index contributed by atoms with van der Waals surface area (Å²) in [6.45, 7) is 23.6. The van der Waals surface area contributed by atoms with Crippen LogP contribution < -0.4 is 4.90 Å². The van der Waals surface area contributed by atoms with Gasteiger partial charge in [0.25, 0.3) is 0 Å². The van der Waals surface area contributed by atoms with Crippen molar-refractivity contribution in [3.63, 3.8) is 0 Å². The molecule has 0 saturated heterocycles. The molecule has 0 aliphatic heterocycles. The van der Waals surface area contributed by atoms with E-state index in [1.54, 1.807) is 0 Å². The molecule has 0 unspecified atom stereocenters. The normalized spacial score (nSPS) is 15.3. The monoisotopic (exact) mass is 980 g/mol. The van der Waals surface area contributed by atoms with Crippen molar-refractivity contribution in [2.75, 3.05) is 4.90 Å². The van der Waals surface area contributed by atoms with Crippen molar-refractivity contribution in [2.24, 2.45) is 0 Å². The molecule has 10 aromatic rings. The Morgan fingerprint density at radius 1 is 0.303 bits per heavy atom. The lowest BCUT2D eigenvalue weighted by molar-refractivity contribution is 0.589. The van der Waals surface area contributed by atoms with E-state index in [0.29, 0.717) is 0 Å². The van der Waals surface area contributed by atoms with Crippen molar-refractivity contribution in [1.82, 2.24) is 0 Å². The molecule has 14 rings (SSSR count). The van der Waals surface area contributed by atoms with Crippen LogP contribution in [-0.4, -0.2) is 0 Å². The number of fused-ring (bicyclic) bond motifs is 16. The van der Waals surface area contributed by atoms with Crippen LogP contribution >= 0.6 is 0 Å². The van der Waals surface area contributed by atoms with Crippen molar-refractivity contribution in [1.29, 1.82) is 0 Å². The molecule has 10 aromatic carbocycles. The van der Waals surface area contributed by atoms with E-state index in [0.717, 1.165) is 11.4 Å². The number of benzene rings is 10. The zero-order valence-electron chi connectivity index (χ0n) is 45.7. The van der Waals surface area contributed by atoms with Gasteiger partial charge in [0, 0.05) is 27.6 Å². The molecule has 76 heavy (non-hydrogen) atoms. The zero-order chi connectivity index (χ0) is 52.3. The summed E-state index contributed by atoms with van der Waals surface area (Å²) in [6, 6.07) is 81.9. The number of anilines is 3. The molecular formula is C75H65N. The molecule has 0 saturated carbocycles. The fourth-order valence-corrected chi connectivity index (χ4v) is 14.4. The largest absolute Gasteiger partial charge is 0.309 e. The second-order valence-corrected chi connectivity index (χ2v) is 25.2. The molecule has 0 fully saturated rings. The Morgan fingerprint density at radius 2 is 0.750 bits per heavy atom. The molecule has 1 heteroatoms. The van der Waals surface area contributed by atoms with Crippen LogP contribution in [0.1, 0.15) is 125 Å². The van der Waals surface area contributed by atoms with Crippen molar-refractivity contribution in [2.45, 2.75) is 96.3 Å². The van der Waals surface area contributed by atoms with Gasteiger partial charge in [0.2, 0.25) is 0 Å². The third-order valence-corrected chi connectivity index (χ3v) is 18.2. The van der Waals surface area contributed by atoms with Crippen molar-refractivity contribution >= 4 is 17.1 Å². The van der Waals surface area contributed by atoms with E-state index in [-0.39, 0.29) is 21.7 Å². The third-order valence-electron chi connectivity index (χ3n) is 18.2. The number of para-hydroxylation sites is 1. The van der Waals surface area contributed by atoms with E-state index in [1.165, 1.54) is 128 Å². The maximum Gasteiger partial charge on any atom is 0.0726 e. The second-order valence-electron chi connectivity index (χ2n) is 25.2. The van der Waals surface area contributed by atoms with Gasteiger partial charge in [-0.25, -0.2) is 0 Å². The highest BCUT2D eigenvalue weighted by Gasteiger charge is 2.53. The molecule has 1 nitrogen and oxygen atoms in total. The smallest absolute Gasteiger partial charge is 0.0726 e. The number of rotatable bonds is 5. The molecule has 0 amide bonds. The van der Waals surface area contributed by atoms with E-state index in [9.17, 15) is 0 Å². The molecule has 0 bridgehead atoms. The lowest BCUT2D eigenvalue weighted by Gasteiger charge is -2.33. The van der Waals surface area contributed by atoms with Crippen LogP contribution in [0.3, 0.4) is 0 Å². The average Bonchev–Trinajstić information content (AvgIpc) is 4.27. The molecule has 0 aromatic heterocycles. The Bertz CT molecular complexity index is 4000. The lowest BCUT2D eigenvalue weighted by Crippen LogP contribution is -2.26. The van der Waals surface area contributed by atoms with E-state index >= 15 is 0 Å². The highest BCUT2D eigenvalue weighted by molar-refractivity contribution is 6.03. The van der Waals surface area contributed by atoms with Crippen LogP contribution in [0, 0.1) is 0 Å². The maximum absolute atomic E-state index is 2.59. The second kappa shape index (κ2) is 16.0. The summed E-state index contributed by atoms with van der Waals surface area (Å²) in [5, 5.41) is 0. The summed E-state index contributed by atoms with van der Waals surface area (Å²) < 4.78 is 0. The molecule has 4 aliphatic carbocycles. The van der Waals surface area contributed by atoms with Crippen LogP contribution in [0.2, 0.25) is 0 Å². The SMILES string of the molecule is CC(C)(C)c1ccc2c(c1)-c1cc(C(C)(C)C)ccc1C21c2ccccc2-c2c(N(c3ccc(-c4ccc5c(c4)C(C)(C)c4ccccc4-5)cc3)c3ccccc3-c3cccc4c3C(C)(C)c3ccccc3-4)cccc21. The third kappa shape index (κ3) is 6.38. The van der Waals surface area contributed by atoms with Gasteiger partial charge in [0.05, 0.1) is 16.8 Å². The Balaban J connectivity index is 1.01. The lowest BCUT2D eigenvalue weighted by atomic mass is 9.70. The van der Waals surface area contributed by atoms with E-state index in [4.69, 9.17) is 0 Å². The van der Waals surface area contributed by atoms with Crippen LogP contribution in [-0.2, 0) is 27.1 Å². The first-order valence-corrected chi connectivity index (χ1v) is 27.5. The molecule has 370 valence electrons. The Morgan fingerprint density at radius 3 is 1.38 bits per heavy atom. The molecule has 0 N–H and O–H groups in total. The maximum atomic E-state index is 2.59. The highest BCUT2D eigenvalue weighted by Crippen LogP contribution is 2.66. The zero-order valence-corrected chi connectivity index (χ0v) is 45.7. The van der Waals surface area contributed by atoms with Gasteiger partial charge >= 0.3 is 0 Å². The molecule has 0 heterocycles. The summed E-state index contributed by atoms with van der Waals surface area (Å²) in [4.78, 5) is 2.59. The van der Waals surface area contributed by atoms with Gasteiger partial charge < -0.3 is 4.90 Å². The fraction of sp³-hybridized carbons (Fsp3) is 0.200. The van der Waals surface area contributed by atoms with Crippen LogP contribution in [0.15, 0.2) is 212 Å². The van der Waals surface area contributed by atoms with Gasteiger partial charge in [0.1, 0.15) is 0 Å². The molecular weight excluding hydrogens is 915 g/mol. The first-order chi connectivity index (χ1) is 36.5. The first kappa shape index (κ1) is 46.5. The predicted octanol–water partition coefficient (Wildman–Crippen LogP) is 20.0. The average molecular weight is 980 g/mol. The summed E-state index contributed by atoms with van der Waals surface area (Å²) >= 11 is 0. The first-order valence-electron chi connectivity index (χ1n) is 27.5. The molecule has 4 aliphatic rings. The van der Waals surface area contributed by atoms with Gasteiger partial charge in [-0.15, -0.1) is 0 Å². The summed E-state index contributed by atoms with van der Waals surface area (Å²) in [6.07, 6.45) is 0. The van der Waals surface area contributed by atoms with Gasteiger partial charge in [-0.05, 0) is 152 Å². The van der Waals surface area contributed by atoms with Gasteiger partial charge in [-0.1, -0.05) is 251 Å². The minimum Gasteiger partial charge on any atom is -0.309 e.